The molecular weight excluding hydrogens is 290 g/mol. The van der Waals surface area contributed by atoms with E-state index < -0.39 is 16.8 Å². The summed E-state index contributed by atoms with van der Waals surface area (Å²) in [6, 6.07) is 5.13. The first-order valence-corrected chi connectivity index (χ1v) is 8.22. The van der Waals surface area contributed by atoms with Gasteiger partial charge in [0.05, 0.1) is 0 Å². The molecule has 0 spiro atoms. The lowest BCUT2D eigenvalue weighted by Gasteiger charge is -2.07. The van der Waals surface area contributed by atoms with Crippen molar-refractivity contribution in [2.24, 2.45) is 0 Å². The fraction of sp³-hybridized carbons (Fsp3) is 0.333. The number of carbonyl (C=O) groups is 2. The minimum Gasteiger partial charge on any atom is -0.478 e. The molecule has 0 bridgehead atoms. The molecule has 1 unspecified atom stereocenters. The third kappa shape index (κ3) is 6.35. The van der Waals surface area contributed by atoms with Gasteiger partial charge in [0.2, 0.25) is 0 Å². The molecular formula is C15H19NO4S. The Morgan fingerprint density at radius 1 is 1.38 bits per heavy atom. The summed E-state index contributed by atoms with van der Waals surface area (Å²) < 4.78 is 10.9. The highest BCUT2D eigenvalue weighted by atomic mass is 32.2. The second kappa shape index (κ2) is 8.36. The molecule has 0 saturated heterocycles. The van der Waals surface area contributed by atoms with Gasteiger partial charge in [-0.3, -0.25) is 9.00 Å². The summed E-state index contributed by atoms with van der Waals surface area (Å²) in [5.74, 6) is -0.695. The molecule has 21 heavy (non-hydrogen) atoms. The average molecular weight is 309 g/mol. The van der Waals surface area contributed by atoms with Crippen molar-refractivity contribution in [2.75, 3.05) is 18.6 Å². The van der Waals surface area contributed by atoms with Gasteiger partial charge in [-0.15, -0.1) is 0 Å². The molecule has 0 fully saturated rings. The quantitative estimate of drug-likeness (QED) is 0.592. The van der Waals surface area contributed by atoms with Gasteiger partial charge in [-0.25, -0.2) is 4.79 Å². The number of benzene rings is 1. The SMILES string of the molecule is Cc1ccc(C(=O)NCCCS(C)=O)cc1/C=C/C(=O)O. The first kappa shape index (κ1) is 17.1. The summed E-state index contributed by atoms with van der Waals surface area (Å²) in [5, 5.41) is 11.4. The average Bonchev–Trinajstić information content (AvgIpc) is 2.42. The van der Waals surface area contributed by atoms with Crippen molar-refractivity contribution in [3.8, 4) is 0 Å². The molecule has 2 N–H and O–H groups in total. The van der Waals surface area contributed by atoms with Crippen LogP contribution in [0, 0.1) is 6.92 Å². The Kier molecular flexibility index (Phi) is 6.81. The maximum atomic E-state index is 12.0. The Morgan fingerprint density at radius 2 is 2.10 bits per heavy atom. The number of amides is 1. The standard InChI is InChI=1S/C15H19NO4S/c1-11-4-5-13(10-12(11)6-7-14(17)18)15(19)16-8-3-9-21(2)20/h4-7,10H,3,8-9H2,1-2H3,(H,16,19)(H,17,18)/b7-6+. The Bertz CT molecular complexity index is 581. The molecule has 1 aromatic carbocycles. The molecule has 0 aromatic heterocycles. The predicted octanol–water partition coefficient (Wildman–Crippen LogP) is 1.59. The van der Waals surface area contributed by atoms with Gasteiger partial charge in [0, 0.05) is 41.0 Å². The number of rotatable bonds is 7. The van der Waals surface area contributed by atoms with Gasteiger partial charge < -0.3 is 10.4 Å². The molecule has 1 amide bonds. The van der Waals surface area contributed by atoms with Crippen molar-refractivity contribution in [3.63, 3.8) is 0 Å². The zero-order valence-electron chi connectivity index (χ0n) is 12.1. The van der Waals surface area contributed by atoms with Crippen LogP contribution in [-0.4, -0.2) is 39.7 Å². The van der Waals surface area contributed by atoms with E-state index in [4.69, 9.17) is 5.11 Å². The molecule has 1 aromatic rings. The van der Waals surface area contributed by atoms with Crippen LogP contribution in [0.3, 0.4) is 0 Å². The van der Waals surface area contributed by atoms with E-state index in [2.05, 4.69) is 5.32 Å². The van der Waals surface area contributed by atoms with E-state index in [0.29, 0.717) is 29.8 Å². The summed E-state index contributed by atoms with van der Waals surface area (Å²) in [6.45, 7) is 2.31. The molecule has 0 radical (unpaired) electrons. The van der Waals surface area contributed by atoms with Crippen molar-refractivity contribution >= 4 is 28.8 Å². The first-order valence-electron chi connectivity index (χ1n) is 6.50. The summed E-state index contributed by atoms with van der Waals surface area (Å²) in [4.78, 5) is 22.5. The van der Waals surface area contributed by atoms with E-state index in [1.54, 1.807) is 24.5 Å². The summed E-state index contributed by atoms with van der Waals surface area (Å²) in [5.41, 5.74) is 2.06. The van der Waals surface area contributed by atoms with Crippen LogP contribution in [0.1, 0.15) is 27.9 Å². The molecule has 0 aliphatic rings. The number of carboxylic acid groups (broad SMARTS) is 1. The lowest BCUT2D eigenvalue weighted by atomic mass is 10.0. The Hall–Kier alpha value is -1.95. The van der Waals surface area contributed by atoms with Crippen molar-refractivity contribution < 1.29 is 18.9 Å². The van der Waals surface area contributed by atoms with Gasteiger partial charge in [-0.2, -0.15) is 0 Å². The fourth-order valence-electron chi connectivity index (χ4n) is 1.70. The van der Waals surface area contributed by atoms with Gasteiger partial charge >= 0.3 is 5.97 Å². The molecule has 114 valence electrons. The number of hydrogen-bond donors (Lipinski definition) is 2. The third-order valence-electron chi connectivity index (χ3n) is 2.84. The van der Waals surface area contributed by atoms with E-state index in [0.717, 1.165) is 11.6 Å². The van der Waals surface area contributed by atoms with Crippen LogP contribution in [0.25, 0.3) is 6.08 Å². The fourth-order valence-corrected chi connectivity index (χ4v) is 2.25. The monoisotopic (exact) mass is 309 g/mol. The number of aliphatic carboxylic acids is 1. The number of carbonyl (C=O) groups excluding carboxylic acids is 1. The van der Waals surface area contributed by atoms with E-state index in [-0.39, 0.29) is 5.91 Å². The number of aryl methyl sites for hydroxylation is 1. The van der Waals surface area contributed by atoms with Crippen molar-refractivity contribution in [1.82, 2.24) is 5.32 Å². The third-order valence-corrected chi connectivity index (χ3v) is 3.70. The van der Waals surface area contributed by atoms with Crippen LogP contribution in [0.2, 0.25) is 0 Å². The smallest absolute Gasteiger partial charge is 0.328 e. The highest BCUT2D eigenvalue weighted by Crippen LogP contribution is 2.13. The van der Waals surface area contributed by atoms with Crippen LogP contribution in [-0.2, 0) is 15.6 Å². The van der Waals surface area contributed by atoms with E-state index in [9.17, 15) is 13.8 Å². The van der Waals surface area contributed by atoms with E-state index >= 15 is 0 Å². The molecule has 6 heteroatoms. The van der Waals surface area contributed by atoms with Gasteiger partial charge in [-0.1, -0.05) is 6.07 Å². The highest BCUT2D eigenvalue weighted by molar-refractivity contribution is 7.84. The molecule has 1 rings (SSSR count). The van der Waals surface area contributed by atoms with Crippen LogP contribution < -0.4 is 5.32 Å². The number of carboxylic acids is 1. The van der Waals surface area contributed by atoms with Gasteiger partial charge in [0.25, 0.3) is 5.91 Å². The van der Waals surface area contributed by atoms with Gasteiger partial charge in [0.1, 0.15) is 0 Å². The van der Waals surface area contributed by atoms with Crippen LogP contribution >= 0.6 is 0 Å². The second-order valence-corrected chi connectivity index (χ2v) is 6.18. The van der Waals surface area contributed by atoms with Crippen LogP contribution in [0.15, 0.2) is 24.3 Å². The molecule has 5 nitrogen and oxygen atoms in total. The number of hydrogen-bond acceptors (Lipinski definition) is 3. The van der Waals surface area contributed by atoms with Gasteiger partial charge in [-0.05, 0) is 42.7 Å². The molecule has 0 aliphatic heterocycles. The van der Waals surface area contributed by atoms with Crippen molar-refractivity contribution in [2.45, 2.75) is 13.3 Å². The normalized spacial score (nSPS) is 12.3. The first-order chi connectivity index (χ1) is 9.90. The summed E-state index contributed by atoms with van der Waals surface area (Å²) >= 11 is 0. The van der Waals surface area contributed by atoms with Gasteiger partial charge in [0.15, 0.2) is 0 Å². The Labute approximate surface area is 126 Å². The minimum absolute atomic E-state index is 0.220. The lowest BCUT2D eigenvalue weighted by molar-refractivity contribution is -0.131. The molecule has 0 aliphatic carbocycles. The number of nitrogens with one attached hydrogen (secondary N) is 1. The van der Waals surface area contributed by atoms with E-state index in [1.165, 1.54) is 6.08 Å². The zero-order chi connectivity index (χ0) is 15.8. The molecule has 0 saturated carbocycles. The maximum absolute atomic E-state index is 12.0. The Morgan fingerprint density at radius 3 is 2.71 bits per heavy atom. The predicted molar refractivity (Wildman–Crippen MR) is 83.7 cm³/mol. The topological polar surface area (TPSA) is 83.5 Å². The van der Waals surface area contributed by atoms with E-state index in [1.807, 2.05) is 6.92 Å². The second-order valence-electron chi connectivity index (χ2n) is 4.63. The minimum atomic E-state index is -1.03. The van der Waals surface area contributed by atoms with Crippen LogP contribution in [0.5, 0.6) is 0 Å². The van der Waals surface area contributed by atoms with Crippen molar-refractivity contribution in [1.29, 1.82) is 0 Å². The van der Waals surface area contributed by atoms with Crippen LogP contribution in [0.4, 0.5) is 0 Å². The summed E-state index contributed by atoms with van der Waals surface area (Å²) in [7, 11) is -0.855. The van der Waals surface area contributed by atoms with Crippen molar-refractivity contribution in [3.05, 3.63) is 41.0 Å². The molecule has 1 atom stereocenters. The molecule has 0 heterocycles. The Balaban J connectivity index is 2.70. The largest absolute Gasteiger partial charge is 0.478 e. The highest BCUT2D eigenvalue weighted by Gasteiger charge is 2.07. The lowest BCUT2D eigenvalue weighted by Crippen LogP contribution is -2.25. The zero-order valence-corrected chi connectivity index (χ0v) is 12.9. The maximum Gasteiger partial charge on any atom is 0.328 e. The summed E-state index contributed by atoms with van der Waals surface area (Å²) in [6.07, 6.45) is 4.80.